The smallest absolute Gasteiger partial charge is 0.236 e. The summed E-state index contributed by atoms with van der Waals surface area (Å²) in [5.41, 5.74) is -0.0230. The van der Waals surface area contributed by atoms with Gasteiger partial charge in [-0.15, -0.1) is 0 Å². The van der Waals surface area contributed by atoms with Crippen LogP contribution in [0.25, 0.3) is 22.0 Å². The van der Waals surface area contributed by atoms with E-state index in [1.165, 1.54) is 36.4 Å². The lowest BCUT2D eigenvalue weighted by Gasteiger charge is -2.10. The minimum Gasteiger partial charge on any atom is -0.236 e. The Kier molecular flexibility index (Phi) is 3.49. The quantitative estimate of drug-likeness (QED) is 0.597. The number of fused-ring (bicyclic) bond motifs is 1. The zero-order valence-corrected chi connectivity index (χ0v) is 11.5. The number of pyridine rings is 1. The topological polar surface area (TPSA) is 36.7 Å². The predicted molar refractivity (Wildman–Crippen MR) is 76.9 cm³/mol. The Balaban J connectivity index is 2.22. The molecule has 0 spiro atoms. The van der Waals surface area contributed by atoms with Crippen LogP contribution in [0.5, 0.6) is 0 Å². The summed E-state index contributed by atoms with van der Waals surface area (Å²) in [5.74, 6) is -0.489. The predicted octanol–water partition coefficient (Wildman–Crippen LogP) is 4.93. The van der Waals surface area contributed by atoms with Crippen molar-refractivity contribution in [1.82, 2.24) is 4.98 Å². The summed E-state index contributed by atoms with van der Waals surface area (Å²) in [7, 11) is 0. The van der Waals surface area contributed by atoms with Crippen LogP contribution in [0.3, 0.4) is 0 Å². The van der Waals surface area contributed by atoms with Gasteiger partial charge in [0.1, 0.15) is 17.6 Å². The van der Waals surface area contributed by atoms with E-state index in [9.17, 15) is 17.6 Å². The molecule has 0 unspecified atom stereocenters. The highest BCUT2D eigenvalue weighted by atomic mass is 19.4. The first-order valence-corrected chi connectivity index (χ1v) is 6.56. The van der Waals surface area contributed by atoms with E-state index in [0.717, 1.165) is 12.1 Å². The van der Waals surface area contributed by atoms with Crippen LogP contribution in [-0.2, 0) is 6.18 Å². The van der Waals surface area contributed by atoms with Crippen LogP contribution in [0.1, 0.15) is 11.3 Å². The zero-order chi connectivity index (χ0) is 16.6. The molecule has 0 saturated heterocycles. The van der Waals surface area contributed by atoms with Crippen LogP contribution < -0.4 is 0 Å². The molecule has 3 rings (SSSR count). The molecule has 0 saturated carbocycles. The Morgan fingerprint density at radius 3 is 2.26 bits per heavy atom. The molecule has 0 aliphatic heterocycles. The van der Waals surface area contributed by atoms with E-state index in [1.807, 2.05) is 6.07 Å². The van der Waals surface area contributed by atoms with E-state index < -0.39 is 17.6 Å². The van der Waals surface area contributed by atoms with Crippen molar-refractivity contribution in [3.05, 3.63) is 65.6 Å². The largest absolute Gasteiger partial charge is 0.416 e. The summed E-state index contributed by atoms with van der Waals surface area (Å²) in [4.78, 5) is 4.11. The van der Waals surface area contributed by atoms with Gasteiger partial charge in [-0.3, -0.25) is 0 Å². The molecule has 23 heavy (non-hydrogen) atoms. The molecule has 1 aromatic heterocycles. The van der Waals surface area contributed by atoms with E-state index >= 15 is 0 Å². The minimum absolute atomic E-state index is 0.110. The number of hydrogen-bond donors (Lipinski definition) is 0. The van der Waals surface area contributed by atoms with Gasteiger partial charge in [0.15, 0.2) is 0 Å². The molecule has 0 fully saturated rings. The summed E-state index contributed by atoms with van der Waals surface area (Å²) >= 11 is 0. The Labute approximate surface area is 128 Å². The van der Waals surface area contributed by atoms with Gasteiger partial charge in [0.05, 0.1) is 11.3 Å². The SMILES string of the molecule is N#Cc1cc2ccc(F)cc2c(-c2ccc(C(F)(F)F)cc2)n1. The van der Waals surface area contributed by atoms with Crippen LogP contribution in [0.2, 0.25) is 0 Å². The molecule has 6 heteroatoms. The molecule has 0 radical (unpaired) electrons. The van der Waals surface area contributed by atoms with Crippen LogP contribution >= 0.6 is 0 Å². The fourth-order valence-electron chi connectivity index (χ4n) is 2.31. The van der Waals surface area contributed by atoms with Gasteiger partial charge in [0, 0.05) is 10.9 Å². The fraction of sp³-hybridized carbons (Fsp3) is 0.0588. The molecule has 0 atom stereocenters. The van der Waals surface area contributed by atoms with Crippen LogP contribution in [0.4, 0.5) is 17.6 Å². The summed E-state index contributed by atoms with van der Waals surface area (Å²) < 4.78 is 51.4. The zero-order valence-electron chi connectivity index (χ0n) is 11.5. The van der Waals surface area contributed by atoms with Gasteiger partial charge in [-0.25, -0.2) is 9.37 Å². The third kappa shape index (κ3) is 2.86. The highest BCUT2D eigenvalue weighted by Crippen LogP contribution is 2.33. The lowest BCUT2D eigenvalue weighted by atomic mass is 10.0. The van der Waals surface area contributed by atoms with E-state index in [2.05, 4.69) is 4.98 Å². The molecule has 0 aliphatic rings. The van der Waals surface area contributed by atoms with Crippen molar-refractivity contribution in [3.8, 4) is 17.3 Å². The Hall–Kier alpha value is -2.94. The highest BCUT2D eigenvalue weighted by Gasteiger charge is 2.30. The second kappa shape index (κ2) is 5.36. The lowest BCUT2D eigenvalue weighted by Crippen LogP contribution is -2.04. The normalized spacial score (nSPS) is 11.4. The van der Waals surface area contributed by atoms with Crippen molar-refractivity contribution >= 4 is 10.8 Å². The van der Waals surface area contributed by atoms with E-state index in [1.54, 1.807) is 0 Å². The molecular formula is C17H8F4N2. The maximum atomic E-state index is 13.5. The number of rotatable bonds is 1. The number of halogens is 4. The van der Waals surface area contributed by atoms with Gasteiger partial charge < -0.3 is 0 Å². The molecule has 2 nitrogen and oxygen atoms in total. The van der Waals surface area contributed by atoms with Crippen molar-refractivity contribution in [3.63, 3.8) is 0 Å². The van der Waals surface area contributed by atoms with Gasteiger partial charge in [0.2, 0.25) is 0 Å². The first kappa shape index (κ1) is 15.0. The molecule has 0 bridgehead atoms. The van der Waals surface area contributed by atoms with Crippen molar-refractivity contribution in [2.24, 2.45) is 0 Å². The first-order chi connectivity index (χ1) is 10.9. The maximum Gasteiger partial charge on any atom is 0.416 e. The summed E-state index contributed by atoms with van der Waals surface area (Å²) in [6, 6.07) is 11.8. The molecule has 2 aromatic carbocycles. The second-order valence-corrected chi connectivity index (χ2v) is 4.91. The van der Waals surface area contributed by atoms with Crippen LogP contribution in [0.15, 0.2) is 48.5 Å². The number of hydrogen-bond acceptors (Lipinski definition) is 2. The maximum absolute atomic E-state index is 13.5. The van der Waals surface area contributed by atoms with Gasteiger partial charge in [-0.05, 0) is 35.7 Å². The Bertz CT molecular complexity index is 922. The van der Waals surface area contributed by atoms with Crippen LogP contribution in [-0.4, -0.2) is 4.98 Å². The van der Waals surface area contributed by atoms with E-state index in [0.29, 0.717) is 16.3 Å². The molecule has 0 N–H and O–H groups in total. The third-order valence-electron chi connectivity index (χ3n) is 3.40. The summed E-state index contributed by atoms with van der Waals surface area (Å²) in [6.45, 7) is 0. The van der Waals surface area contributed by atoms with Crippen molar-refractivity contribution in [2.45, 2.75) is 6.18 Å². The number of aromatic nitrogens is 1. The summed E-state index contributed by atoms with van der Waals surface area (Å²) in [5, 5.41) is 10.1. The first-order valence-electron chi connectivity index (χ1n) is 6.56. The van der Waals surface area contributed by atoms with Gasteiger partial charge in [-0.1, -0.05) is 18.2 Å². The molecule has 0 aliphatic carbocycles. The monoisotopic (exact) mass is 316 g/mol. The number of nitriles is 1. The fourth-order valence-corrected chi connectivity index (χ4v) is 2.31. The number of benzene rings is 2. The molecule has 3 aromatic rings. The van der Waals surface area contributed by atoms with E-state index in [-0.39, 0.29) is 11.4 Å². The van der Waals surface area contributed by atoms with Crippen molar-refractivity contribution in [2.75, 3.05) is 0 Å². The number of alkyl halides is 3. The summed E-state index contributed by atoms with van der Waals surface area (Å²) in [6.07, 6.45) is -4.44. The van der Waals surface area contributed by atoms with E-state index in [4.69, 9.17) is 5.26 Å². The molecular weight excluding hydrogens is 308 g/mol. The average Bonchev–Trinajstić information content (AvgIpc) is 2.53. The van der Waals surface area contributed by atoms with Crippen molar-refractivity contribution < 1.29 is 17.6 Å². The van der Waals surface area contributed by atoms with Gasteiger partial charge >= 0.3 is 6.18 Å². The second-order valence-electron chi connectivity index (χ2n) is 4.91. The van der Waals surface area contributed by atoms with Crippen LogP contribution in [0, 0.1) is 17.1 Å². The lowest BCUT2D eigenvalue weighted by molar-refractivity contribution is -0.137. The average molecular weight is 316 g/mol. The Morgan fingerprint density at radius 2 is 1.65 bits per heavy atom. The molecule has 1 heterocycles. The minimum atomic E-state index is -4.44. The van der Waals surface area contributed by atoms with Crippen molar-refractivity contribution in [1.29, 1.82) is 5.26 Å². The van der Waals surface area contributed by atoms with Gasteiger partial charge in [-0.2, -0.15) is 18.4 Å². The van der Waals surface area contributed by atoms with Gasteiger partial charge in [0.25, 0.3) is 0 Å². The highest BCUT2D eigenvalue weighted by molar-refractivity contribution is 5.95. The molecule has 114 valence electrons. The standard InChI is InChI=1S/C17H8F4N2/c18-13-6-3-11-7-14(9-22)23-16(15(11)8-13)10-1-4-12(5-2-10)17(19,20)21/h1-8H. The third-order valence-corrected chi connectivity index (χ3v) is 3.40. The Morgan fingerprint density at radius 1 is 0.957 bits per heavy atom. The molecule has 0 amide bonds. The number of nitrogens with zero attached hydrogens (tertiary/aromatic N) is 2.